The molecule has 0 aliphatic heterocycles. The number of methoxy groups -OCH3 is 3. The average molecular weight is 302 g/mol. The van der Waals surface area contributed by atoms with Gasteiger partial charge < -0.3 is 19.2 Å². The summed E-state index contributed by atoms with van der Waals surface area (Å²) >= 11 is 0. The van der Waals surface area contributed by atoms with E-state index in [0.29, 0.717) is 34.1 Å². The van der Waals surface area contributed by atoms with Gasteiger partial charge in [-0.3, -0.25) is 0 Å². The van der Waals surface area contributed by atoms with Crippen molar-refractivity contribution in [1.29, 1.82) is 0 Å². The van der Waals surface area contributed by atoms with E-state index in [1.807, 2.05) is 0 Å². The van der Waals surface area contributed by atoms with Crippen LogP contribution in [0.2, 0.25) is 0 Å². The van der Waals surface area contributed by atoms with E-state index in [-0.39, 0.29) is 5.82 Å². The summed E-state index contributed by atoms with van der Waals surface area (Å²) in [6.45, 7) is 0. The predicted octanol–water partition coefficient (Wildman–Crippen LogP) is 3.39. The van der Waals surface area contributed by atoms with Gasteiger partial charge in [0.2, 0.25) is 5.75 Å². The highest BCUT2D eigenvalue weighted by Crippen LogP contribution is 2.40. The van der Waals surface area contributed by atoms with E-state index >= 15 is 0 Å². The Kier molecular flexibility index (Phi) is 3.58. The third-order valence-electron chi connectivity index (χ3n) is 3.38. The summed E-state index contributed by atoms with van der Waals surface area (Å²) in [6, 6.07) is 7.99. The number of hydrogen-bond acceptors (Lipinski definition) is 4. The zero-order valence-electron chi connectivity index (χ0n) is 12.4. The lowest BCUT2D eigenvalue weighted by atomic mass is 10.1. The van der Waals surface area contributed by atoms with Crippen LogP contribution >= 0.6 is 0 Å². The van der Waals surface area contributed by atoms with Gasteiger partial charge in [0, 0.05) is 5.56 Å². The van der Waals surface area contributed by atoms with Crippen LogP contribution in [0.25, 0.3) is 22.4 Å². The van der Waals surface area contributed by atoms with Crippen LogP contribution in [0.15, 0.2) is 30.3 Å². The first-order valence-corrected chi connectivity index (χ1v) is 6.62. The molecule has 3 rings (SSSR count). The highest BCUT2D eigenvalue weighted by atomic mass is 19.1. The lowest BCUT2D eigenvalue weighted by Crippen LogP contribution is -1.96. The molecular weight excluding hydrogens is 287 g/mol. The summed E-state index contributed by atoms with van der Waals surface area (Å²) in [6.07, 6.45) is 0. The number of nitrogens with zero attached hydrogens (tertiary/aromatic N) is 1. The van der Waals surface area contributed by atoms with Crippen molar-refractivity contribution in [2.75, 3.05) is 21.3 Å². The van der Waals surface area contributed by atoms with Gasteiger partial charge >= 0.3 is 0 Å². The van der Waals surface area contributed by atoms with Crippen molar-refractivity contribution in [3.8, 4) is 28.6 Å². The molecule has 0 aliphatic carbocycles. The molecule has 0 bridgehead atoms. The molecule has 0 amide bonds. The number of imidazole rings is 1. The van der Waals surface area contributed by atoms with Crippen molar-refractivity contribution in [3.63, 3.8) is 0 Å². The van der Waals surface area contributed by atoms with Crippen molar-refractivity contribution in [2.24, 2.45) is 0 Å². The van der Waals surface area contributed by atoms with E-state index < -0.39 is 0 Å². The Morgan fingerprint density at radius 3 is 2.23 bits per heavy atom. The lowest BCUT2D eigenvalue weighted by Gasteiger charge is -2.13. The molecule has 22 heavy (non-hydrogen) atoms. The summed E-state index contributed by atoms with van der Waals surface area (Å²) in [7, 11) is 4.65. The molecule has 0 radical (unpaired) electrons. The maximum absolute atomic E-state index is 13.3. The van der Waals surface area contributed by atoms with E-state index in [2.05, 4.69) is 9.97 Å². The third-order valence-corrected chi connectivity index (χ3v) is 3.38. The average Bonchev–Trinajstić information content (AvgIpc) is 2.96. The van der Waals surface area contributed by atoms with Gasteiger partial charge in [-0.05, 0) is 30.3 Å². The highest BCUT2D eigenvalue weighted by Gasteiger charge is 2.16. The molecule has 0 fully saturated rings. The quantitative estimate of drug-likeness (QED) is 0.802. The van der Waals surface area contributed by atoms with Gasteiger partial charge in [0.05, 0.1) is 32.4 Å². The lowest BCUT2D eigenvalue weighted by molar-refractivity contribution is 0.324. The number of nitrogens with one attached hydrogen (secondary N) is 1. The Labute approximate surface area is 126 Å². The number of benzene rings is 2. The number of aromatic amines is 1. The number of rotatable bonds is 4. The molecule has 1 aromatic heterocycles. The molecule has 0 spiro atoms. The number of ether oxygens (including phenoxy) is 3. The van der Waals surface area contributed by atoms with Crippen molar-refractivity contribution >= 4 is 11.0 Å². The van der Waals surface area contributed by atoms with E-state index in [9.17, 15) is 4.39 Å². The van der Waals surface area contributed by atoms with E-state index in [0.717, 1.165) is 5.56 Å². The van der Waals surface area contributed by atoms with E-state index in [1.54, 1.807) is 39.5 Å². The van der Waals surface area contributed by atoms with Gasteiger partial charge in [-0.2, -0.15) is 0 Å². The van der Waals surface area contributed by atoms with Crippen LogP contribution in [0, 0.1) is 5.82 Å². The Morgan fingerprint density at radius 1 is 0.955 bits per heavy atom. The number of fused-ring (bicyclic) bond motifs is 1. The van der Waals surface area contributed by atoms with Gasteiger partial charge in [0.15, 0.2) is 11.5 Å². The molecule has 0 saturated heterocycles. The van der Waals surface area contributed by atoms with Gasteiger partial charge in [-0.15, -0.1) is 0 Å². The number of aromatic nitrogens is 2. The molecule has 3 aromatic rings. The van der Waals surface area contributed by atoms with Crippen LogP contribution in [-0.2, 0) is 0 Å². The molecule has 0 aliphatic rings. The molecule has 114 valence electrons. The number of hydrogen-bond donors (Lipinski definition) is 1. The van der Waals surface area contributed by atoms with Gasteiger partial charge in [0.25, 0.3) is 0 Å². The minimum absolute atomic E-state index is 0.312. The monoisotopic (exact) mass is 302 g/mol. The van der Waals surface area contributed by atoms with Crippen LogP contribution in [-0.4, -0.2) is 31.3 Å². The second-order valence-electron chi connectivity index (χ2n) is 4.66. The van der Waals surface area contributed by atoms with Crippen molar-refractivity contribution in [2.45, 2.75) is 0 Å². The normalized spacial score (nSPS) is 10.7. The second kappa shape index (κ2) is 5.55. The van der Waals surface area contributed by atoms with Crippen LogP contribution in [0.3, 0.4) is 0 Å². The maximum atomic E-state index is 13.3. The summed E-state index contributed by atoms with van der Waals surface area (Å²) in [5.41, 5.74) is 2.07. The summed E-state index contributed by atoms with van der Waals surface area (Å²) < 4.78 is 29.2. The first kappa shape index (κ1) is 14.2. The SMILES string of the molecule is COc1cc(-c2nc3ccc(F)cc3[nH]2)cc(OC)c1OC. The minimum Gasteiger partial charge on any atom is -0.493 e. The molecule has 2 aromatic carbocycles. The smallest absolute Gasteiger partial charge is 0.203 e. The first-order chi connectivity index (χ1) is 10.7. The molecule has 6 heteroatoms. The molecule has 0 atom stereocenters. The first-order valence-electron chi connectivity index (χ1n) is 6.62. The van der Waals surface area contributed by atoms with E-state index in [4.69, 9.17) is 14.2 Å². The van der Waals surface area contributed by atoms with Crippen molar-refractivity contribution < 1.29 is 18.6 Å². The number of halogens is 1. The van der Waals surface area contributed by atoms with Crippen LogP contribution in [0.4, 0.5) is 4.39 Å². The van der Waals surface area contributed by atoms with Crippen molar-refractivity contribution in [1.82, 2.24) is 9.97 Å². The zero-order chi connectivity index (χ0) is 15.7. The Hall–Kier alpha value is -2.76. The van der Waals surface area contributed by atoms with Gasteiger partial charge in [-0.1, -0.05) is 0 Å². The van der Waals surface area contributed by atoms with Crippen molar-refractivity contribution in [3.05, 3.63) is 36.1 Å². The highest BCUT2D eigenvalue weighted by molar-refractivity contribution is 5.80. The Morgan fingerprint density at radius 2 is 1.64 bits per heavy atom. The molecule has 0 saturated carbocycles. The van der Waals surface area contributed by atoms with Gasteiger partial charge in [-0.25, -0.2) is 9.37 Å². The largest absolute Gasteiger partial charge is 0.493 e. The molecule has 1 N–H and O–H groups in total. The maximum Gasteiger partial charge on any atom is 0.203 e. The Balaban J connectivity index is 2.17. The second-order valence-corrected chi connectivity index (χ2v) is 4.66. The topological polar surface area (TPSA) is 56.4 Å². The molecular formula is C16H15FN2O3. The number of H-pyrrole nitrogens is 1. The van der Waals surface area contributed by atoms with Gasteiger partial charge in [0.1, 0.15) is 11.6 Å². The van der Waals surface area contributed by atoms with Crippen LogP contribution < -0.4 is 14.2 Å². The zero-order valence-corrected chi connectivity index (χ0v) is 12.4. The fourth-order valence-electron chi connectivity index (χ4n) is 2.34. The Bertz CT molecular complexity index is 804. The third kappa shape index (κ3) is 2.32. The minimum atomic E-state index is -0.312. The standard InChI is InChI=1S/C16H15FN2O3/c1-20-13-6-9(7-14(21-2)15(13)22-3)16-18-11-5-4-10(17)8-12(11)19-16/h4-8H,1-3H3,(H,18,19). The summed E-state index contributed by atoms with van der Waals surface area (Å²) in [5, 5.41) is 0. The summed E-state index contributed by atoms with van der Waals surface area (Å²) in [4.78, 5) is 7.55. The molecule has 0 unspecified atom stereocenters. The fraction of sp³-hybridized carbons (Fsp3) is 0.188. The van der Waals surface area contributed by atoms with E-state index in [1.165, 1.54) is 12.1 Å². The summed E-state index contributed by atoms with van der Waals surface area (Å²) in [5.74, 6) is 1.86. The predicted molar refractivity (Wildman–Crippen MR) is 81.1 cm³/mol. The van der Waals surface area contributed by atoms with Crippen LogP contribution in [0.5, 0.6) is 17.2 Å². The van der Waals surface area contributed by atoms with Crippen LogP contribution in [0.1, 0.15) is 0 Å². The molecule has 1 heterocycles. The fourth-order valence-corrected chi connectivity index (χ4v) is 2.34. The molecule has 5 nitrogen and oxygen atoms in total.